The molecule has 0 spiro atoms. The van der Waals surface area contributed by atoms with Crippen LogP contribution in [0.2, 0.25) is 0 Å². The molecular weight excluding hydrogens is 436 g/mol. The van der Waals surface area contributed by atoms with Crippen LogP contribution in [0.25, 0.3) is 0 Å². The van der Waals surface area contributed by atoms with E-state index in [1.807, 2.05) is 26.8 Å². The minimum Gasteiger partial charge on any atom is -0.493 e. The van der Waals surface area contributed by atoms with Crippen LogP contribution in [0, 0.1) is 34.6 Å². The molecule has 0 N–H and O–H groups in total. The van der Waals surface area contributed by atoms with Gasteiger partial charge in [0.15, 0.2) is 0 Å². The van der Waals surface area contributed by atoms with Gasteiger partial charge in [-0.25, -0.2) is 0 Å². The van der Waals surface area contributed by atoms with E-state index in [0.717, 1.165) is 68.0 Å². The van der Waals surface area contributed by atoms with Crippen LogP contribution < -0.4 is 14.4 Å². The molecule has 0 aliphatic carbocycles. The first-order valence-corrected chi connectivity index (χ1v) is 11.7. The van der Waals surface area contributed by atoms with Crippen molar-refractivity contribution in [3.63, 3.8) is 0 Å². The second-order valence-corrected chi connectivity index (χ2v) is 9.04. The molecule has 1 saturated heterocycles. The highest BCUT2D eigenvalue weighted by atomic mass is 35.5. The van der Waals surface area contributed by atoms with Gasteiger partial charge in [0.1, 0.15) is 11.5 Å². The lowest BCUT2D eigenvalue weighted by atomic mass is 10.0. The SMILES string of the molecule is CC(=O)Oc1c(C)cc(OCCCCN2CCN(c3ccc(C)cc3C)CC2)c(C)c1C.Cl. The molecular formula is C27H39ClN2O3. The highest BCUT2D eigenvalue weighted by Gasteiger charge is 2.18. The van der Waals surface area contributed by atoms with Gasteiger partial charge in [0.05, 0.1) is 6.61 Å². The Balaban J connectivity index is 0.00000385. The maximum Gasteiger partial charge on any atom is 0.308 e. The predicted molar refractivity (Wildman–Crippen MR) is 139 cm³/mol. The van der Waals surface area contributed by atoms with Crippen LogP contribution in [0.4, 0.5) is 5.69 Å². The number of aryl methyl sites for hydroxylation is 3. The van der Waals surface area contributed by atoms with Gasteiger partial charge in [-0.3, -0.25) is 9.69 Å². The van der Waals surface area contributed by atoms with E-state index >= 15 is 0 Å². The Hall–Kier alpha value is -2.24. The van der Waals surface area contributed by atoms with Crippen LogP contribution in [0.15, 0.2) is 24.3 Å². The van der Waals surface area contributed by atoms with Gasteiger partial charge in [-0.05, 0) is 88.4 Å². The zero-order valence-electron chi connectivity index (χ0n) is 21.0. The van der Waals surface area contributed by atoms with Gasteiger partial charge in [-0.15, -0.1) is 12.4 Å². The minimum absolute atomic E-state index is 0. The molecule has 182 valence electrons. The highest BCUT2D eigenvalue weighted by Crippen LogP contribution is 2.33. The Morgan fingerprint density at radius 3 is 2.24 bits per heavy atom. The van der Waals surface area contributed by atoms with Crippen LogP contribution >= 0.6 is 12.4 Å². The number of ether oxygens (including phenoxy) is 2. The van der Waals surface area contributed by atoms with Crippen molar-refractivity contribution in [1.29, 1.82) is 0 Å². The largest absolute Gasteiger partial charge is 0.493 e. The van der Waals surface area contributed by atoms with Gasteiger partial charge in [0.2, 0.25) is 0 Å². The third kappa shape index (κ3) is 7.12. The van der Waals surface area contributed by atoms with Gasteiger partial charge in [-0.1, -0.05) is 17.7 Å². The Morgan fingerprint density at radius 1 is 0.909 bits per heavy atom. The van der Waals surface area contributed by atoms with Gasteiger partial charge < -0.3 is 14.4 Å². The van der Waals surface area contributed by atoms with E-state index in [1.54, 1.807) is 0 Å². The van der Waals surface area contributed by atoms with Gasteiger partial charge >= 0.3 is 5.97 Å². The number of esters is 1. The summed E-state index contributed by atoms with van der Waals surface area (Å²) < 4.78 is 11.4. The second-order valence-electron chi connectivity index (χ2n) is 9.04. The normalized spacial score (nSPS) is 14.1. The summed E-state index contributed by atoms with van der Waals surface area (Å²) in [6, 6.07) is 8.73. The smallest absolute Gasteiger partial charge is 0.308 e. The topological polar surface area (TPSA) is 42.0 Å². The fourth-order valence-corrected chi connectivity index (χ4v) is 4.46. The number of carbonyl (C=O) groups excluding carboxylic acids is 1. The summed E-state index contributed by atoms with van der Waals surface area (Å²) in [7, 11) is 0. The van der Waals surface area contributed by atoms with Crippen molar-refractivity contribution in [2.75, 3.05) is 44.2 Å². The van der Waals surface area contributed by atoms with Crippen molar-refractivity contribution in [1.82, 2.24) is 4.90 Å². The molecule has 1 aliphatic rings. The number of carbonyl (C=O) groups is 1. The molecule has 3 rings (SSSR count). The van der Waals surface area contributed by atoms with Crippen LogP contribution in [-0.2, 0) is 4.79 Å². The Morgan fingerprint density at radius 2 is 1.61 bits per heavy atom. The second kappa shape index (κ2) is 12.3. The summed E-state index contributed by atoms with van der Waals surface area (Å²) in [6.07, 6.45) is 2.16. The maximum absolute atomic E-state index is 11.3. The van der Waals surface area contributed by atoms with Crippen molar-refractivity contribution >= 4 is 24.1 Å². The summed E-state index contributed by atoms with van der Waals surface area (Å²) in [5, 5.41) is 0. The average molecular weight is 475 g/mol. The molecule has 0 aromatic heterocycles. The average Bonchev–Trinajstić information content (AvgIpc) is 2.75. The van der Waals surface area contributed by atoms with Gasteiger partial charge in [0.25, 0.3) is 0 Å². The first-order valence-electron chi connectivity index (χ1n) is 11.7. The van der Waals surface area contributed by atoms with Crippen molar-refractivity contribution in [2.24, 2.45) is 0 Å². The zero-order chi connectivity index (χ0) is 23.3. The maximum atomic E-state index is 11.3. The standard InChI is InChI=1S/C27H38N2O3.ClH/c1-19-9-10-25(20(2)17-19)29-14-12-28(13-15-29)11-7-8-16-31-26-18-21(3)27(32-24(6)30)23(5)22(26)4;/h9-10,17-18H,7-8,11-16H2,1-6H3;1H. The number of unbranched alkanes of at least 4 members (excludes halogenated alkanes) is 1. The lowest BCUT2D eigenvalue weighted by Crippen LogP contribution is -2.46. The first-order chi connectivity index (χ1) is 15.3. The predicted octanol–water partition coefficient (Wildman–Crippen LogP) is 5.56. The monoisotopic (exact) mass is 474 g/mol. The van der Waals surface area contributed by atoms with E-state index in [-0.39, 0.29) is 18.4 Å². The molecule has 33 heavy (non-hydrogen) atoms. The molecule has 0 amide bonds. The number of nitrogens with zero attached hydrogens (tertiary/aromatic N) is 2. The van der Waals surface area contributed by atoms with E-state index in [0.29, 0.717) is 12.4 Å². The molecule has 2 aromatic carbocycles. The van der Waals surface area contributed by atoms with Crippen molar-refractivity contribution in [3.05, 3.63) is 52.1 Å². The molecule has 6 heteroatoms. The molecule has 0 radical (unpaired) electrons. The summed E-state index contributed by atoms with van der Waals surface area (Å²) in [5.41, 5.74) is 7.01. The third-order valence-electron chi connectivity index (χ3n) is 6.42. The molecule has 0 unspecified atom stereocenters. The highest BCUT2D eigenvalue weighted by molar-refractivity contribution is 5.85. The molecule has 1 heterocycles. The number of benzene rings is 2. The third-order valence-corrected chi connectivity index (χ3v) is 6.42. The molecule has 0 atom stereocenters. The fourth-order valence-electron chi connectivity index (χ4n) is 4.46. The zero-order valence-corrected chi connectivity index (χ0v) is 21.8. The molecule has 1 fully saturated rings. The van der Waals surface area contributed by atoms with E-state index in [1.165, 1.54) is 23.7 Å². The minimum atomic E-state index is -0.292. The van der Waals surface area contributed by atoms with Crippen molar-refractivity contribution in [2.45, 2.75) is 54.4 Å². The Bertz CT molecular complexity index is 953. The molecule has 0 saturated carbocycles. The van der Waals surface area contributed by atoms with Gasteiger partial charge in [0, 0.05) is 38.8 Å². The van der Waals surface area contributed by atoms with Crippen LogP contribution in [0.5, 0.6) is 11.5 Å². The molecule has 0 bridgehead atoms. The number of piperazine rings is 1. The lowest BCUT2D eigenvalue weighted by molar-refractivity contribution is -0.131. The summed E-state index contributed by atoms with van der Waals surface area (Å²) >= 11 is 0. The lowest BCUT2D eigenvalue weighted by Gasteiger charge is -2.37. The Kier molecular flexibility index (Phi) is 10.1. The number of hydrogen-bond donors (Lipinski definition) is 0. The number of anilines is 1. The van der Waals surface area contributed by atoms with E-state index in [2.05, 4.69) is 41.8 Å². The van der Waals surface area contributed by atoms with E-state index < -0.39 is 0 Å². The quantitative estimate of drug-likeness (QED) is 0.285. The number of halogens is 1. The van der Waals surface area contributed by atoms with Crippen LogP contribution in [0.3, 0.4) is 0 Å². The van der Waals surface area contributed by atoms with Crippen molar-refractivity contribution in [3.8, 4) is 11.5 Å². The van der Waals surface area contributed by atoms with Crippen LogP contribution in [0.1, 0.15) is 47.6 Å². The summed E-state index contributed by atoms with van der Waals surface area (Å²) in [6.45, 7) is 18.0. The summed E-state index contributed by atoms with van der Waals surface area (Å²) in [4.78, 5) is 16.4. The molecule has 1 aliphatic heterocycles. The van der Waals surface area contributed by atoms with Crippen LogP contribution in [-0.4, -0.2) is 50.2 Å². The number of hydrogen-bond acceptors (Lipinski definition) is 5. The fraction of sp³-hybridized carbons (Fsp3) is 0.519. The number of rotatable bonds is 8. The van der Waals surface area contributed by atoms with E-state index in [9.17, 15) is 4.79 Å². The summed E-state index contributed by atoms with van der Waals surface area (Å²) in [5.74, 6) is 1.25. The molecule has 2 aromatic rings. The van der Waals surface area contributed by atoms with E-state index in [4.69, 9.17) is 9.47 Å². The van der Waals surface area contributed by atoms with Gasteiger partial charge in [-0.2, -0.15) is 0 Å². The first kappa shape index (κ1) is 27.0. The Labute approximate surface area is 205 Å². The molecule has 5 nitrogen and oxygen atoms in total. The van der Waals surface area contributed by atoms with Crippen molar-refractivity contribution < 1.29 is 14.3 Å².